The van der Waals surface area contributed by atoms with Crippen LogP contribution in [0.25, 0.3) is 0 Å². The van der Waals surface area contributed by atoms with E-state index in [4.69, 9.17) is 37.9 Å². The van der Waals surface area contributed by atoms with Gasteiger partial charge in [-0.1, -0.05) is 6.07 Å². The summed E-state index contributed by atoms with van der Waals surface area (Å²) in [6.07, 6.45) is -6.32. The molecular weight excluding hydrogens is 1040 g/mol. The molecule has 0 aliphatic carbocycles. The van der Waals surface area contributed by atoms with Gasteiger partial charge in [-0.2, -0.15) is 8.42 Å². The fourth-order valence-corrected chi connectivity index (χ4v) is 7.09. The smallest absolute Gasteiger partial charge is 0.311 e. The number of carbonyl (C=O) groups excluding carboxylic acids is 8. The fraction of sp³-hybridized carbons (Fsp3) is 0.652. The van der Waals surface area contributed by atoms with Gasteiger partial charge in [0.2, 0.25) is 35.8 Å². The Morgan fingerprint density at radius 1 is 0.711 bits per heavy atom. The first kappa shape index (κ1) is 64.5. The van der Waals surface area contributed by atoms with Crippen molar-refractivity contribution in [2.24, 2.45) is 5.41 Å². The molecule has 6 atom stereocenters. The Morgan fingerprint density at radius 3 is 1.92 bits per heavy atom. The van der Waals surface area contributed by atoms with Gasteiger partial charge in [0.05, 0.1) is 77.2 Å². The van der Waals surface area contributed by atoms with Gasteiger partial charge in [-0.05, 0) is 38.5 Å². The molecule has 2 aliphatic heterocycles. The molecule has 1 saturated heterocycles. The van der Waals surface area contributed by atoms with Crippen molar-refractivity contribution in [1.82, 2.24) is 26.2 Å². The molecule has 1 aromatic carbocycles. The monoisotopic (exact) mass is 1110 g/mol. The van der Waals surface area contributed by atoms with Crippen LogP contribution < -0.4 is 31.3 Å². The van der Waals surface area contributed by atoms with Crippen LogP contribution in [0.15, 0.2) is 30.4 Å². The molecule has 76 heavy (non-hydrogen) atoms. The number of imide groups is 1. The average molecular weight is 1110 g/mol. The summed E-state index contributed by atoms with van der Waals surface area (Å²) in [7, 11) is -4.73. The summed E-state index contributed by atoms with van der Waals surface area (Å²) in [5.74, 6) is -5.98. The number of aliphatic hydroxyl groups is 4. The van der Waals surface area contributed by atoms with Gasteiger partial charge < -0.3 is 84.9 Å². The lowest BCUT2D eigenvalue weighted by atomic mass is 9.97. The van der Waals surface area contributed by atoms with Crippen LogP contribution in [0.3, 0.4) is 0 Å². The molecule has 0 radical (unpaired) electrons. The lowest BCUT2D eigenvalue weighted by Crippen LogP contribution is -2.60. The minimum absolute atomic E-state index is 0.00980. The van der Waals surface area contributed by atoms with E-state index < -0.39 is 113 Å². The molecule has 1 aromatic rings. The van der Waals surface area contributed by atoms with Crippen molar-refractivity contribution in [3.05, 3.63) is 35.9 Å². The number of rotatable bonds is 36. The molecule has 30 heteroatoms. The molecule has 1 fully saturated rings. The number of amides is 7. The SMILES string of the molecule is CC(C)(C)C(=O)OCc1ccc(O[C@@H]2O[C@H](CO)[C@H](O)[C@H](O)[C@H]2O)c(NC(=O)CCNC(=O)COCCNC(=O)[C@@H](CS(=O)(=O)O)NC(=O)CCOCCOCCOCCOCCNC(=O)CCN2C(=O)C=CC2=O)c1. The number of hydrogen-bond donors (Lipinski definition) is 10. The van der Waals surface area contributed by atoms with Crippen LogP contribution in [0.1, 0.15) is 45.6 Å². The molecule has 29 nitrogen and oxygen atoms in total. The first-order chi connectivity index (χ1) is 36.0. The van der Waals surface area contributed by atoms with Crippen molar-refractivity contribution in [1.29, 1.82) is 0 Å². The van der Waals surface area contributed by atoms with E-state index in [1.807, 2.05) is 0 Å². The Balaban J connectivity index is 1.27. The molecular formula is C46H70N6O23S. The number of nitrogens with zero attached hydrogens (tertiary/aromatic N) is 1. The highest BCUT2D eigenvalue weighted by Crippen LogP contribution is 2.31. The minimum Gasteiger partial charge on any atom is -0.460 e. The predicted molar refractivity (Wildman–Crippen MR) is 260 cm³/mol. The zero-order valence-electron chi connectivity index (χ0n) is 42.4. The van der Waals surface area contributed by atoms with Gasteiger partial charge in [0.25, 0.3) is 21.9 Å². The zero-order chi connectivity index (χ0) is 56.3. The van der Waals surface area contributed by atoms with Crippen LogP contribution in [-0.4, -0.2) is 227 Å². The first-order valence-electron chi connectivity index (χ1n) is 24.0. The van der Waals surface area contributed by atoms with Crippen molar-refractivity contribution in [3.8, 4) is 5.75 Å². The minimum atomic E-state index is -4.73. The number of esters is 1. The largest absolute Gasteiger partial charge is 0.460 e. The van der Waals surface area contributed by atoms with Crippen molar-refractivity contribution < 1.29 is 110 Å². The second kappa shape index (κ2) is 33.4. The molecule has 0 spiro atoms. The average Bonchev–Trinajstić information content (AvgIpc) is 3.68. The topological polar surface area (TPSA) is 409 Å². The van der Waals surface area contributed by atoms with Crippen molar-refractivity contribution >= 4 is 63.1 Å². The quantitative estimate of drug-likeness (QED) is 0.0132. The molecule has 0 saturated carbocycles. The Labute approximate surface area is 438 Å². The van der Waals surface area contributed by atoms with Gasteiger partial charge in [0, 0.05) is 57.6 Å². The highest BCUT2D eigenvalue weighted by atomic mass is 32.2. The fourth-order valence-electron chi connectivity index (χ4n) is 6.44. The summed E-state index contributed by atoms with van der Waals surface area (Å²) in [5, 5.41) is 52.7. The lowest BCUT2D eigenvalue weighted by Gasteiger charge is -2.39. The van der Waals surface area contributed by atoms with Crippen LogP contribution in [0.4, 0.5) is 5.69 Å². The second-order valence-corrected chi connectivity index (χ2v) is 19.3. The Bertz CT molecular complexity index is 2210. The van der Waals surface area contributed by atoms with Gasteiger partial charge in [-0.15, -0.1) is 0 Å². The molecule has 7 amide bonds. The van der Waals surface area contributed by atoms with Crippen molar-refractivity contribution in [3.63, 3.8) is 0 Å². The summed E-state index contributed by atoms with van der Waals surface area (Å²) in [6, 6.07) is 2.60. The standard InChI is InChI=1S/C46H70N6O23S/c1-46(2,3)45(64)73-26-29-4-5-32(74-44-42(62)41(61)40(60)33(25-53)75-44)30(24-29)50-35(55)8-11-47-37(57)27-72-17-13-49-43(63)31(28-76(65,66)67)51-36(56)10-15-68-18-20-70-22-23-71-21-19-69-16-12-48-34(54)9-14-52-38(58)6-7-39(52)59/h4-7,24,31,33,40-42,44,53,60-62H,8-23,25-28H2,1-3H3,(H,47,57)(H,48,54)(H,49,63)(H,50,55)(H,51,56)(H,65,66,67)/t31-,33-,40+,41+,42-,44-/m1/s1. The number of ether oxygens (including phenoxy) is 8. The third-order valence-corrected chi connectivity index (χ3v) is 11.2. The number of anilines is 1. The van der Waals surface area contributed by atoms with E-state index in [1.54, 1.807) is 20.8 Å². The summed E-state index contributed by atoms with van der Waals surface area (Å²) >= 11 is 0. The normalized spacial score (nSPS) is 18.9. The van der Waals surface area contributed by atoms with Crippen LogP contribution in [0.2, 0.25) is 0 Å². The maximum Gasteiger partial charge on any atom is 0.311 e. The van der Waals surface area contributed by atoms with E-state index >= 15 is 0 Å². The van der Waals surface area contributed by atoms with E-state index in [0.29, 0.717) is 5.56 Å². The van der Waals surface area contributed by atoms with E-state index in [-0.39, 0.29) is 129 Å². The molecule has 10 N–H and O–H groups in total. The molecule has 3 rings (SSSR count). The van der Waals surface area contributed by atoms with E-state index in [1.165, 1.54) is 18.2 Å². The van der Waals surface area contributed by atoms with Gasteiger partial charge >= 0.3 is 5.97 Å². The lowest BCUT2D eigenvalue weighted by molar-refractivity contribution is -0.277. The summed E-state index contributed by atoms with van der Waals surface area (Å²) in [5.41, 5.74) is -0.370. The number of benzene rings is 1. The predicted octanol–water partition coefficient (Wildman–Crippen LogP) is -4.21. The summed E-state index contributed by atoms with van der Waals surface area (Å²) < 4.78 is 75.8. The van der Waals surface area contributed by atoms with Gasteiger partial charge in [-0.3, -0.25) is 47.8 Å². The molecule has 0 unspecified atom stereocenters. The Hall–Kier alpha value is -5.77. The molecule has 0 aromatic heterocycles. The second-order valence-electron chi connectivity index (χ2n) is 17.8. The van der Waals surface area contributed by atoms with E-state index in [2.05, 4.69) is 26.6 Å². The van der Waals surface area contributed by atoms with Crippen LogP contribution >= 0.6 is 0 Å². The Morgan fingerprint density at radius 2 is 1.30 bits per heavy atom. The summed E-state index contributed by atoms with van der Waals surface area (Å²) in [4.78, 5) is 98.9. The van der Waals surface area contributed by atoms with Gasteiger partial charge in [0.1, 0.15) is 55.2 Å². The molecule has 428 valence electrons. The third kappa shape index (κ3) is 24.9. The van der Waals surface area contributed by atoms with Crippen LogP contribution in [-0.2, 0) is 88.2 Å². The van der Waals surface area contributed by atoms with E-state index in [9.17, 15) is 71.8 Å². The highest BCUT2D eigenvalue weighted by molar-refractivity contribution is 7.85. The number of aliphatic hydroxyl groups excluding tert-OH is 4. The summed E-state index contributed by atoms with van der Waals surface area (Å²) in [6.45, 7) is 4.46. The molecule has 2 aliphatic rings. The maximum absolute atomic E-state index is 13.0. The van der Waals surface area contributed by atoms with E-state index in [0.717, 1.165) is 17.1 Å². The molecule has 0 bridgehead atoms. The maximum atomic E-state index is 13.0. The Kier molecular flexibility index (Phi) is 28.4. The number of hydrogen-bond acceptors (Lipinski definition) is 22. The molecule has 2 heterocycles. The number of nitrogens with one attached hydrogen (secondary N) is 5. The van der Waals surface area contributed by atoms with Crippen molar-refractivity contribution in [2.75, 3.05) is 110 Å². The highest BCUT2D eigenvalue weighted by Gasteiger charge is 2.45. The number of carbonyl (C=O) groups is 8. The third-order valence-electron chi connectivity index (χ3n) is 10.5. The van der Waals surface area contributed by atoms with Gasteiger partial charge in [0.15, 0.2) is 0 Å². The zero-order valence-corrected chi connectivity index (χ0v) is 43.2. The first-order valence-corrected chi connectivity index (χ1v) is 25.6. The van der Waals surface area contributed by atoms with Gasteiger partial charge in [-0.25, -0.2) is 0 Å². The van der Waals surface area contributed by atoms with Crippen molar-refractivity contribution in [2.45, 2.75) is 83.4 Å². The van der Waals surface area contributed by atoms with Crippen LogP contribution in [0.5, 0.6) is 5.75 Å². The van der Waals surface area contributed by atoms with Crippen LogP contribution in [0, 0.1) is 5.41 Å².